The second-order valence-electron chi connectivity index (χ2n) is 7.04. The van der Waals surface area contributed by atoms with Gasteiger partial charge in [-0.2, -0.15) is 5.10 Å². The predicted molar refractivity (Wildman–Crippen MR) is 85.9 cm³/mol. The summed E-state index contributed by atoms with van der Waals surface area (Å²) in [4.78, 5) is 13.5. The second-order valence-corrected chi connectivity index (χ2v) is 7.04. The maximum Gasteiger partial charge on any atom is 0.410 e. The molecule has 2 heterocycles. The van der Waals surface area contributed by atoms with E-state index >= 15 is 0 Å². The highest BCUT2D eigenvalue weighted by Gasteiger charge is 2.33. The highest BCUT2D eigenvalue weighted by molar-refractivity contribution is 5.69. The highest BCUT2D eigenvalue weighted by atomic mass is 16.6. The van der Waals surface area contributed by atoms with Gasteiger partial charge in [0, 0.05) is 31.4 Å². The van der Waals surface area contributed by atoms with Crippen LogP contribution in [0.2, 0.25) is 0 Å². The van der Waals surface area contributed by atoms with Gasteiger partial charge in [0.2, 0.25) is 0 Å². The SMILES string of the molecule is Cc1cc(C)n(CCCNC2CN(C(=O)OC(C)(C)C)C2)n1. The van der Waals surface area contributed by atoms with Crippen LogP contribution in [0, 0.1) is 13.8 Å². The zero-order valence-corrected chi connectivity index (χ0v) is 14.3. The van der Waals surface area contributed by atoms with Crippen LogP contribution >= 0.6 is 0 Å². The molecule has 1 aromatic heterocycles. The summed E-state index contributed by atoms with van der Waals surface area (Å²) in [5.41, 5.74) is 1.85. The fourth-order valence-electron chi connectivity index (χ4n) is 2.52. The van der Waals surface area contributed by atoms with E-state index < -0.39 is 5.60 Å². The van der Waals surface area contributed by atoms with Crippen molar-refractivity contribution >= 4 is 6.09 Å². The van der Waals surface area contributed by atoms with Crippen LogP contribution in [0.5, 0.6) is 0 Å². The van der Waals surface area contributed by atoms with Crippen molar-refractivity contribution in [2.45, 2.75) is 59.2 Å². The summed E-state index contributed by atoms with van der Waals surface area (Å²) in [5, 5.41) is 7.92. The fraction of sp³-hybridized carbons (Fsp3) is 0.750. The quantitative estimate of drug-likeness (QED) is 0.846. The molecule has 6 nitrogen and oxygen atoms in total. The summed E-state index contributed by atoms with van der Waals surface area (Å²) in [6.45, 7) is 13.1. The zero-order valence-electron chi connectivity index (χ0n) is 14.3. The summed E-state index contributed by atoms with van der Waals surface area (Å²) in [7, 11) is 0. The monoisotopic (exact) mass is 308 g/mol. The Morgan fingerprint density at radius 3 is 2.64 bits per heavy atom. The molecule has 0 aromatic carbocycles. The lowest BCUT2D eigenvalue weighted by Crippen LogP contribution is -2.60. The first kappa shape index (κ1) is 16.8. The van der Waals surface area contributed by atoms with Crippen LogP contribution in [0.25, 0.3) is 0 Å². The minimum atomic E-state index is -0.421. The minimum Gasteiger partial charge on any atom is -0.444 e. The minimum absolute atomic E-state index is 0.215. The smallest absolute Gasteiger partial charge is 0.410 e. The van der Waals surface area contributed by atoms with Crippen LogP contribution in [0.3, 0.4) is 0 Å². The third-order valence-electron chi connectivity index (χ3n) is 3.62. The Morgan fingerprint density at radius 1 is 1.41 bits per heavy atom. The molecule has 0 spiro atoms. The molecule has 1 aliphatic heterocycles. The van der Waals surface area contributed by atoms with Crippen LogP contribution in [0.15, 0.2) is 6.07 Å². The number of nitrogens with zero attached hydrogens (tertiary/aromatic N) is 3. The molecule has 22 heavy (non-hydrogen) atoms. The van der Waals surface area contributed by atoms with Gasteiger partial charge in [0.1, 0.15) is 5.60 Å². The Morgan fingerprint density at radius 2 is 2.09 bits per heavy atom. The molecular formula is C16H28N4O2. The summed E-state index contributed by atoms with van der Waals surface area (Å²) >= 11 is 0. The molecule has 1 saturated heterocycles. The van der Waals surface area contributed by atoms with Crippen molar-refractivity contribution in [1.82, 2.24) is 20.0 Å². The molecule has 6 heteroatoms. The van der Waals surface area contributed by atoms with Gasteiger partial charge in [-0.05, 0) is 53.7 Å². The van der Waals surface area contributed by atoms with E-state index in [0.717, 1.165) is 38.3 Å². The third-order valence-corrected chi connectivity index (χ3v) is 3.62. The Hall–Kier alpha value is -1.56. The van der Waals surface area contributed by atoms with E-state index in [-0.39, 0.29) is 6.09 Å². The molecule has 0 unspecified atom stereocenters. The average Bonchev–Trinajstić information content (AvgIpc) is 2.62. The molecule has 0 saturated carbocycles. The Kier molecular flexibility index (Phi) is 5.11. The van der Waals surface area contributed by atoms with Gasteiger partial charge in [0.05, 0.1) is 5.69 Å². The van der Waals surface area contributed by atoms with Crippen molar-refractivity contribution < 1.29 is 9.53 Å². The molecule has 1 N–H and O–H groups in total. The topological polar surface area (TPSA) is 59.4 Å². The first-order chi connectivity index (χ1) is 10.2. The van der Waals surface area contributed by atoms with E-state index in [4.69, 9.17) is 4.74 Å². The molecule has 0 atom stereocenters. The average molecular weight is 308 g/mol. The molecule has 1 fully saturated rings. The van der Waals surface area contributed by atoms with Crippen molar-refractivity contribution in [2.75, 3.05) is 19.6 Å². The van der Waals surface area contributed by atoms with Crippen LogP contribution in [-0.4, -0.2) is 52.1 Å². The lowest BCUT2D eigenvalue weighted by molar-refractivity contribution is 0.00534. The van der Waals surface area contributed by atoms with Crippen LogP contribution < -0.4 is 5.32 Å². The van der Waals surface area contributed by atoms with Crippen molar-refractivity contribution in [3.8, 4) is 0 Å². The molecule has 2 rings (SSSR count). The van der Waals surface area contributed by atoms with E-state index in [1.54, 1.807) is 4.90 Å². The number of aromatic nitrogens is 2. The molecule has 0 aliphatic carbocycles. The number of amides is 1. The third kappa shape index (κ3) is 4.73. The maximum atomic E-state index is 11.8. The summed E-state index contributed by atoms with van der Waals surface area (Å²) < 4.78 is 7.38. The standard InChI is InChI=1S/C16H28N4O2/c1-12-9-13(2)20(18-12)8-6-7-17-14-10-19(11-14)15(21)22-16(3,4)5/h9,14,17H,6-8,10-11H2,1-5H3. The number of ether oxygens (including phenoxy) is 1. The molecule has 0 bridgehead atoms. The summed E-state index contributed by atoms with van der Waals surface area (Å²) in [5.74, 6) is 0. The first-order valence-electron chi connectivity index (χ1n) is 7.97. The Bertz CT molecular complexity index is 513. The van der Waals surface area contributed by atoms with Gasteiger partial charge in [0.15, 0.2) is 0 Å². The van der Waals surface area contributed by atoms with Gasteiger partial charge in [-0.1, -0.05) is 0 Å². The second kappa shape index (κ2) is 6.69. The van der Waals surface area contributed by atoms with Crippen molar-refractivity contribution in [3.05, 3.63) is 17.5 Å². The molecule has 1 aromatic rings. The van der Waals surface area contributed by atoms with E-state index in [1.165, 1.54) is 5.69 Å². The number of hydrogen-bond acceptors (Lipinski definition) is 4. The molecule has 0 radical (unpaired) electrons. The Balaban J connectivity index is 1.59. The highest BCUT2D eigenvalue weighted by Crippen LogP contribution is 2.15. The normalized spacial score (nSPS) is 15.8. The number of nitrogens with one attached hydrogen (secondary N) is 1. The zero-order chi connectivity index (χ0) is 16.3. The number of likely N-dealkylation sites (tertiary alicyclic amines) is 1. The predicted octanol–water partition coefficient (Wildman–Crippen LogP) is 2.10. The molecule has 124 valence electrons. The fourth-order valence-corrected chi connectivity index (χ4v) is 2.52. The van der Waals surface area contributed by atoms with Gasteiger partial charge in [-0.25, -0.2) is 4.79 Å². The number of hydrogen-bond donors (Lipinski definition) is 1. The van der Waals surface area contributed by atoms with Gasteiger partial charge in [0.25, 0.3) is 0 Å². The van der Waals surface area contributed by atoms with E-state index in [1.807, 2.05) is 32.4 Å². The first-order valence-corrected chi connectivity index (χ1v) is 7.97. The largest absolute Gasteiger partial charge is 0.444 e. The summed E-state index contributed by atoms with van der Waals surface area (Å²) in [6, 6.07) is 2.48. The number of aryl methyl sites for hydroxylation is 3. The Labute approximate surface area is 132 Å². The van der Waals surface area contributed by atoms with Gasteiger partial charge in [-0.3, -0.25) is 4.68 Å². The van der Waals surface area contributed by atoms with Crippen molar-refractivity contribution in [1.29, 1.82) is 0 Å². The molecule has 1 aliphatic rings. The van der Waals surface area contributed by atoms with Crippen molar-refractivity contribution in [3.63, 3.8) is 0 Å². The molecule has 1 amide bonds. The van der Waals surface area contributed by atoms with Crippen LogP contribution in [-0.2, 0) is 11.3 Å². The van der Waals surface area contributed by atoms with Gasteiger partial charge in [-0.15, -0.1) is 0 Å². The summed E-state index contributed by atoms with van der Waals surface area (Å²) in [6.07, 6.45) is 0.818. The number of carbonyl (C=O) groups is 1. The van der Waals surface area contributed by atoms with Crippen molar-refractivity contribution in [2.24, 2.45) is 0 Å². The van der Waals surface area contributed by atoms with E-state index in [0.29, 0.717) is 6.04 Å². The number of carbonyl (C=O) groups excluding carboxylic acids is 1. The number of rotatable bonds is 5. The lowest BCUT2D eigenvalue weighted by atomic mass is 10.1. The van der Waals surface area contributed by atoms with Gasteiger partial charge < -0.3 is 15.0 Å². The van der Waals surface area contributed by atoms with E-state index in [9.17, 15) is 4.79 Å². The van der Waals surface area contributed by atoms with Gasteiger partial charge >= 0.3 is 6.09 Å². The van der Waals surface area contributed by atoms with Crippen LogP contribution in [0.4, 0.5) is 4.79 Å². The molecular weight excluding hydrogens is 280 g/mol. The van der Waals surface area contributed by atoms with E-state index in [2.05, 4.69) is 23.4 Å². The van der Waals surface area contributed by atoms with Crippen LogP contribution in [0.1, 0.15) is 38.6 Å². The maximum absolute atomic E-state index is 11.8. The lowest BCUT2D eigenvalue weighted by Gasteiger charge is -2.40.